The molecule has 4 heteroatoms. The molecule has 0 fully saturated rings. The molecule has 4 nitrogen and oxygen atoms in total. The molecule has 0 unspecified atom stereocenters. The average Bonchev–Trinajstić information content (AvgIpc) is 3.54. The second kappa shape index (κ2) is 16.6. The third-order valence-corrected chi connectivity index (χ3v) is 11.5. The molecule has 0 bridgehead atoms. The maximum Gasteiger partial charge on any atom is 0.0998 e. The van der Waals surface area contributed by atoms with Crippen molar-refractivity contribution in [1.29, 1.82) is 10.5 Å². The number of para-hydroxylation sites is 4. The van der Waals surface area contributed by atoms with Gasteiger partial charge in [0, 0.05) is 39.5 Å². The summed E-state index contributed by atoms with van der Waals surface area (Å²) in [5, 5.41) is 20.8. The first-order chi connectivity index (χ1) is 29.9. The molecule has 1 aliphatic carbocycles. The Morgan fingerprint density at radius 1 is 0.393 bits per heavy atom. The predicted octanol–water partition coefficient (Wildman–Crippen LogP) is 15.1. The van der Waals surface area contributed by atoms with E-state index in [1.54, 1.807) is 0 Å². The topological polar surface area (TPSA) is 54.1 Å². The Kier molecular flexibility index (Phi) is 10.4. The highest BCUT2D eigenvalue weighted by molar-refractivity contribution is 5.94. The normalized spacial score (nSPS) is 12.7. The second-order valence-corrected chi connectivity index (χ2v) is 15.7. The van der Waals surface area contributed by atoms with Crippen LogP contribution >= 0.6 is 0 Å². The second-order valence-electron chi connectivity index (χ2n) is 15.7. The molecule has 0 radical (unpaired) electrons. The van der Waals surface area contributed by atoms with Crippen LogP contribution in [-0.2, 0) is 5.41 Å². The van der Waals surface area contributed by atoms with Gasteiger partial charge in [-0.25, -0.2) is 0 Å². The van der Waals surface area contributed by atoms with Gasteiger partial charge in [-0.3, -0.25) is 0 Å². The molecule has 0 amide bonds. The monoisotopic (exact) mass is 782 g/mol. The fourth-order valence-corrected chi connectivity index (χ4v) is 8.43. The van der Waals surface area contributed by atoms with Crippen molar-refractivity contribution in [2.24, 2.45) is 0 Å². The van der Waals surface area contributed by atoms with Gasteiger partial charge in [0.15, 0.2) is 0 Å². The number of anilines is 6. The van der Waals surface area contributed by atoms with E-state index >= 15 is 0 Å². The van der Waals surface area contributed by atoms with Crippen molar-refractivity contribution >= 4 is 57.4 Å². The van der Waals surface area contributed by atoms with Gasteiger partial charge >= 0.3 is 0 Å². The van der Waals surface area contributed by atoms with E-state index in [1.807, 2.05) is 109 Å². The van der Waals surface area contributed by atoms with Crippen LogP contribution in [0.1, 0.15) is 47.2 Å². The molecule has 0 spiro atoms. The number of nitriles is 2. The minimum absolute atomic E-state index is 0.294. The molecule has 0 saturated carbocycles. The van der Waals surface area contributed by atoms with E-state index in [9.17, 15) is 10.5 Å². The molecule has 0 N–H and O–H groups in total. The van der Waals surface area contributed by atoms with Gasteiger partial charge in [-0.1, -0.05) is 147 Å². The maximum absolute atomic E-state index is 10.4. The lowest BCUT2D eigenvalue weighted by Crippen LogP contribution is -2.15. The molecule has 61 heavy (non-hydrogen) atoms. The molecular formula is C57H42N4. The maximum atomic E-state index is 10.4. The summed E-state index contributed by atoms with van der Waals surface area (Å²) < 4.78 is 0. The summed E-state index contributed by atoms with van der Waals surface area (Å²) in [5.41, 5.74) is 15.7. The first-order valence-corrected chi connectivity index (χ1v) is 20.5. The number of fused-ring (bicyclic) bond motifs is 3. The number of hydrogen-bond acceptors (Lipinski definition) is 4. The van der Waals surface area contributed by atoms with Crippen LogP contribution in [-0.4, -0.2) is 0 Å². The largest absolute Gasteiger partial charge is 0.311 e. The molecule has 290 valence electrons. The van der Waals surface area contributed by atoms with Crippen molar-refractivity contribution in [3.63, 3.8) is 0 Å². The molecule has 8 aromatic rings. The predicted molar refractivity (Wildman–Crippen MR) is 253 cm³/mol. The van der Waals surface area contributed by atoms with Gasteiger partial charge in [-0.15, -0.1) is 0 Å². The highest BCUT2D eigenvalue weighted by atomic mass is 15.1. The van der Waals surface area contributed by atoms with E-state index in [-0.39, 0.29) is 5.41 Å². The summed E-state index contributed by atoms with van der Waals surface area (Å²) in [6, 6.07) is 75.6. The third kappa shape index (κ3) is 7.63. The molecule has 1 aliphatic rings. The summed E-state index contributed by atoms with van der Waals surface area (Å²) in [7, 11) is 0. The lowest BCUT2D eigenvalue weighted by Gasteiger charge is -2.25. The summed E-state index contributed by atoms with van der Waals surface area (Å²) in [6.45, 7) is 4.51. The highest BCUT2D eigenvalue weighted by Crippen LogP contribution is 2.49. The molecule has 9 rings (SSSR count). The van der Waals surface area contributed by atoms with Crippen molar-refractivity contribution in [1.82, 2.24) is 0 Å². The Morgan fingerprint density at radius 3 is 0.984 bits per heavy atom. The number of allylic oxidation sites excluding steroid dienone is 2. The first-order valence-electron chi connectivity index (χ1n) is 20.5. The van der Waals surface area contributed by atoms with Crippen LogP contribution in [0.15, 0.2) is 206 Å². The number of nitrogens with zero attached hydrogens (tertiary/aromatic N) is 4. The fraction of sp³-hybridized carbons (Fsp3) is 0.0526. The van der Waals surface area contributed by atoms with E-state index < -0.39 is 0 Å². The van der Waals surface area contributed by atoms with Gasteiger partial charge < -0.3 is 9.80 Å². The Labute approximate surface area is 358 Å². The zero-order chi connectivity index (χ0) is 41.8. The molecule has 0 atom stereocenters. The van der Waals surface area contributed by atoms with Gasteiger partial charge in [0.25, 0.3) is 0 Å². The Balaban J connectivity index is 0.972. The Bertz CT molecular complexity index is 2690. The molecule has 0 aromatic heterocycles. The van der Waals surface area contributed by atoms with Crippen molar-refractivity contribution in [2.45, 2.75) is 19.3 Å². The fourth-order valence-electron chi connectivity index (χ4n) is 8.43. The van der Waals surface area contributed by atoms with E-state index in [0.29, 0.717) is 11.1 Å². The van der Waals surface area contributed by atoms with Crippen LogP contribution < -0.4 is 9.80 Å². The highest BCUT2D eigenvalue weighted by Gasteiger charge is 2.35. The van der Waals surface area contributed by atoms with Crippen molar-refractivity contribution in [2.75, 3.05) is 9.80 Å². The molecule has 0 aliphatic heterocycles. The molecular weight excluding hydrogens is 741 g/mol. The van der Waals surface area contributed by atoms with Crippen LogP contribution in [0.5, 0.6) is 0 Å². The van der Waals surface area contributed by atoms with E-state index in [2.05, 4.69) is 145 Å². The summed E-state index contributed by atoms with van der Waals surface area (Å²) in [4.78, 5) is 4.43. The zero-order valence-corrected chi connectivity index (χ0v) is 34.1. The lowest BCUT2D eigenvalue weighted by atomic mass is 9.81. The van der Waals surface area contributed by atoms with Crippen molar-refractivity contribution in [3.8, 4) is 23.3 Å². The smallest absolute Gasteiger partial charge is 0.0998 e. The molecule has 0 saturated heterocycles. The van der Waals surface area contributed by atoms with Gasteiger partial charge in [-0.05, 0) is 129 Å². The Morgan fingerprint density at radius 2 is 0.689 bits per heavy atom. The van der Waals surface area contributed by atoms with E-state index in [1.165, 1.54) is 22.3 Å². The summed E-state index contributed by atoms with van der Waals surface area (Å²) in [6.07, 6.45) is 3.97. The summed E-state index contributed by atoms with van der Waals surface area (Å²) >= 11 is 0. The summed E-state index contributed by atoms with van der Waals surface area (Å²) in [5.74, 6) is 0. The zero-order valence-electron chi connectivity index (χ0n) is 34.1. The van der Waals surface area contributed by atoms with E-state index in [4.69, 9.17) is 0 Å². The lowest BCUT2D eigenvalue weighted by molar-refractivity contribution is 0.660. The van der Waals surface area contributed by atoms with Crippen molar-refractivity contribution < 1.29 is 0 Å². The quantitative estimate of drug-likeness (QED) is 0.102. The first kappa shape index (κ1) is 38.3. The minimum atomic E-state index is -0.294. The van der Waals surface area contributed by atoms with Crippen molar-refractivity contribution in [3.05, 3.63) is 240 Å². The van der Waals surface area contributed by atoms with Crippen LogP contribution in [0.25, 0.3) is 34.4 Å². The van der Waals surface area contributed by atoms with E-state index in [0.717, 1.165) is 56.4 Å². The van der Waals surface area contributed by atoms with Crippen LogP contribution in [0, 0.1) is 22.7 Å². The minimum Gasteiger partial charge on any atom is -0.311 e. The third-order valence-electron chi connectivity index (χ3n) is 11.5. The van der Waals surface area contributed by atoms with Crippen LogP contribution in [0.2, 0.25) is 0 Å². The SMILES string of the molecule is CC1(C)c2cc(C=C(C#N)c3ccc(N(c4ccccc4)c4ccccc4)cc3)ccc2-c2ccc(C=C(C#N)c3ccc(N(c4ccccc4)c4ccccc4)cc3)cc21. The van der Waals surface area contributed by atoms with Crippen LogP contribution in [0.3, 0.4) is 0 Å². The van der Waals surface area contributed by atoms with Crippen LogP contribution in [0.4, 0.5) is 34.1 Å². The number of rotatable bonds is 10. The van der Waals surface area contributed by atoms with Gasteiger partial charge in [0.05, 0.1) is 23.3 Å². The molecule has 0 heterocycles. The van der Waals surface area contributed by atoms with Gasteiger partial charge in [-0.2, -0.15) is 10.5 Å². The molecule has 8 aromatic carbocycles. The average molecular weight is 783 g/mol. The van der Waals surface area contributed by atoms with Gasteiger partial charge in [0.2, 0.25) is 0 Å². The number of hydrogen-bond donors (Lipinski definition) is 0. The standard InChI is InChI=1S/C57H42N4/c1-57(2)55-37-41(35-45(39-58)43-25-29-51(30-26-43)60(47-15-7-3-8-16-47)48-17-9-4-10-18-48)23-33-53(55)54-34-24-42(38-56(54)57)36-46(40-59)44-27-31-52(32-28-44)61(49-19-11-5-12-20-49)50-21-13-6-14-22-50/h3-38H,1-2H3. The van der Waals surface area contributed by atoms with Gasteiger partial charge in [0.1, 0.15) is 0 Å². The Hall–Kier alpha value is -8.18. The number of benzene rings is 8.